The minimum Gasteiger partial charge on any atom is -0.477 e. The smallest absolute Gasteiger partial charge is 0.256 e. The second kappa shape index (κ2) is 4.63. The maximum Gasteiger partial charge on any atom is 0.256 e. The third-order valence-corrected chi connectivity index (χ3v) is 2.46. The van der Waals surface area contributed by atoms with Crippen molar-refractivity contribution in [2.75, 3.05) is 13.2 Å². The fourth-order valence-electron chi connectivity index (χ4n) is 1.28. The van der Waals surface area contributed by atoms with Crippen molar-refractivity contribution in [2.45, 2.75) is 13.3 Å². The number of hydrogen-bond acceptors (Lipinski definition) is 5. The van der Waals surface area contributed by atoms with Crippen molar-refractivity contribution in [3.8, 4) is 5.88 Å². The number of fused-ring (bicyclic) bond motifs is 1. The number of aromatic nitrogens is 4. The van der Waals surface area contributed by atoms with E-state index in [1.807, 2.05) is 0 Å². The van der Waals surface area contributed by atoms with Crippen LogP contribution >= 0.6 is 11.6 Å². The highest BCUT2D eigenvalue weighted by Gasteiger charge is 2.12. The number of halogens is 1. The van der Waals surface area contributed by atoms with Crippen LogP contribution in [0.25, 0.3) is 5.78 Å². The highest BCUT2D eigenvalue weighted by atomic mass is 35.5. The van der Waals surface area contributed by atoms with E-state index in [0.717, 1.165) is 0 Å². The van der Waals surface area contributed by atoms with E-state index in [1.54, 1.807) is 6.92 Å². The van der Waals surface area contributed by atoms with Gasteiger partial charge in [-0.25, -0.2) is 0 Å². The molecule has 1 N–H and O–H groups in total. The summed E-state index contributed by atoms with van der Waals surface area (Å²) in [6.45, 7) is 2.27. The molecule has 0 spiro atoms. The van der Waals surface area contributed by atoms with Gasteiger partial charge >= 0.3 is 0 Å². The molecule has 0 atom stereocenters. The zero-order valence-corrected chi connectivity index (χ0v) is 9.48. The Bertz CT molecular complexity index is 499. The second-order valence-corrected chi connectivity index (χ2v) is 3.59. The van der Waals surface area contributed by atoms with Gasteiger partial charge in [0.25, 0.3) is 5.78 Å². The van der Waals surface area contributed by atoms with E-state index in [2.05, 4.69) is 15.1 Å². The fourth-order valence-corrected chi connectivity index (χ4v) is 1.43. The predicted octanol–water partition coefficient (Wildman–Crippen LogP) is 0.847. The Balaban J connectivity index is 2.39. The van der Waals surface area contributed by atoms with Crippen LogP contribution in [-0.4, -0.2) is 37.9 Å². The van der Waals surface area contributed by atoms with Gasteiger partial charge in [0.2, 0.25) is 5.88 Å². The molecule has 2 rings (SSSR count). The second-order valence-electron chi connectivity index (χ2n) is 3.23. The Hall–Kier alpha value is -1.40. The summed E-state index contributed by atoms with van der Waals surface area (Å²) in [6.07, 6.45) is 1.94. The lowest BCUT2D eigenvalue weighted by Crippen LogP contribution is -2.07. The molecule has 0 unspecified atom stereocenters. The average Bonchev–Trinajstić information content (AvgIpc) is 2.71. The lowest BCUT2D eigenvalue weighted by Gasteiger charge is -2.10. The highest BCUT2D eigenvalue weighted by Crippen LogP contribution is 2.23. The minimum absolute atomic E-state index is 0.0817. The summed E-state index contributed by atoms with van der Waals surface area (Å²) in [5.41, 5.74) is 0.706. The normalized spacial score (nSPS) is 10.9. The summed E-state index contributed by atoms with van der Waals surface area (Å²) >= 11 is 5.94. The molecule has 0 amide bonds. The van der Waals surface area contributed by atoms with Crippen molar-refractivity contribution in [1.82, 2.24) is 19.6 Å². The largest absolute Gasteiger partial charge is 0.477 e. The molecular weight excluding hydrogens is 232 g/mol. The highest BCUT2D eigenvalue weighted by molar-refractivity contribution is 6.30. The molecule has 2 aromatic rings. The van der Waals surface area contributed by atoms with Gasteiger partial charge in [-0.05, 0) is 6.92 Å². The molecule has 2 aromatic heterocycles. The molecule has 7 heteroatoms. The minimum atomic E-state index is 0.0817. The van der Waals surface area contributed by atoms with Crippen LogP contribution in [0.1, 0.15) is 12.0 Å². The maximum absolute atomic E-state index is 8.69. The van der Waals surface area contributed by atoms with Crippen LogP contribution in [-0.2, 0) is 0 Å². The fraction of sp³-hybridized carbons (Fsp3) is 0.444. The molecular formula is C9H11ClN4O2. The van der Waals surface area contributed by atoms with E-state index in [0.29, 0.717) is 35.4 Å². The lowest BCUT2D eigenvalue weighted by molar-refractivity contribution is 0.225. The number of rotatable bonds is 4. The molecule has 0 fully saturated rings. The van der Waals surface area contributed by atoms with Gasteiger partial charge in [0.1, 0.15) is 11.5 Å². The monoisotopic (exact) mass is 242 g/mol. The first-order valence-electron chi connectivity index (χ1n) is 4.83. The van der Waals surface area contributed by atoms with Crippen molar-refractivity contribution in [3.63, 3.8) is 0 Å². The van der Waals surface area contributed by atoms with Gasteiger partial charge in [-0.2, -0.15) is 19.6 Å². The van der Waals surface area contributed by atoms with Crippen LogP contribution in [0.5, 0.6) is 5.88 Å². The summed E-state index contributed by atoms with van der Waals surface area (Å²) in [6, 6.07) is 0. The first-order chi connectivity index (χ1) is 7.74. The van der Waals surface area contributed by atoms with Crippen LogP contribution in [0.2, 0.25) is 5.15 Å². The van der Waals surface area contributed by atoms with Gasteiger partial charge in [0.15, 0.2) is 0 Å². The SMILES string of the molecule is Cc1c(Cl)nc2ncnn2c1OCCCO. The number of hydrogen-bond donors (Lipinski definition) is 1. The zero-order chi connectivity index (χ0) is 11.5. The van der Waals surface area contributed by atoms with Crippen molar-refractivity contribution < 1.29 is 9.84 Å². The van der Waals surface area contributed by atoms with Gasteiger partial charge < -0.3 is 9.84 Å². The van der Waals surface area contributed by atoms with Gasteiger partial charge in [-0.1, -0.05) is 11.6 Å². The summed E-state index contributed by atoms with van der Waals surface area (Å²) in [5.74, 6) is 0.913. The maximum atomic E-state index is 8.69. The summed E-state index contributed by atoms with van der Waals surface area (Å²) in [5, 5.41) is 13.0. The first-order valence-corrected chi connectivity index (χ1v) is 5.21. The lowest BCUT2D eigenvalue weighted by atomic mass is 10.4. The van der Waals surface area contributed by atoms with Gasteiger partial charge in [-0.15, -0.1) is 0 Å². The van der Waals surface area contributed by atoms with Crippen molar-refractivity contribution in [3.05, 3.63) is 17.0 Å². The number of ether oxygens (including phenoxy) is 1. The van der Waals surface area contributed by atoms with E-state index in [-0.39, 0.29) is 6.61 Å². The third-order valence-electron chi connectivity index (χ3n) is 2.09. The zero-order valence-electron chi connectivity index (χ0n) is 8.72. The van der Waals surface area contributed by atoms with Crippen LogP contribution in [0.4, 0.5) is 0 Å². The third kappa shape index (κ3) is 1.94. The molecule has 86 valence electrons. The topological polar surface area (TPSA) is 72.5 Å². The molecule has 0 bridgehead atoms. The molecule has 0 saturated heterocycles. The molecule has 0 radical (unpaired) electrons. The van der Waals surface area contributed by atoms with Gasteiger partial charge in [0, 0.05) is 18.6 Å². The van der Waals surface area contributed by atoms with E-state index in [1.165, 1.54) is 10.8 Å². The Morgan fingerprint density at radius 2 is 2.38 bits per heavy atom. The van der Waals surface area contributed by atoms with Crippen molar-refractivity contribution in [1.29, 1.82) is 0 Å². The van der Waals surface area contributed by atoms with Crippen molar-refractivity contribution >= 4 is 17.4 Å². The molecule has 0 saturated carbocycles. The van der Waals surface area contributed by atoms with E-state index in [4.69, 9.17) is 21.4 Å². The molecule has 0 aliphatic rings. The number of aliphatic hydroxyl groups is 1. The number of nitrogens with zero attached hydrogens (tertiary/aromatic N) is 4. The molecule has 6 nitrogen and oxygen atoms in total. The molecule has 2 heterocycles. The van der Waals surface area contributed by atoms with Crippen LogP contribution in [0.15, 0.2) is 6.33 Å². The Kier molecular flexibility index (Phi) is 3.21. The van der Waals surface area contributed by atoms with Gasteiger partial charge in [0.05, 0.1) is 6.61 Å². The summed E-state index contributed by atoms with van der Waals surface area (Å²) in [7, 11) is 0. The molecule has 0 aliphatic carbocycles. The standard InChI is InChI=1S/C9H11ClN4O2/c1-6-7(10)13-9-11-5-12-14(9)8(6)16-4-2-3-15/h5,15H,2-4H2,1H3. The number of aliphatic hydroxyl groups excluding tert-OH is 1. The summed E-state index contributed by atoms with van der Waals surface area (Å²) in [4.78, 5) is 7.99. The van der Waals surface area contributed by atoms with Gasteiger partial charge in [-0.3, -0.25) is 0 Å². The average molecular weight is 243 g/mol. The Labute approximate surface area is 96.8 Å². The predicted molar refractivity (Wildman–Crippen MR) is 57.7 cm³/mol. The Morgan fingerprint density at radius 1 is 1.56 bits per heavy atom. The molecule has 16 heavy (non-hydrogen) atoms. The summed E-state index contributed by atoms with van der Waals surface area (Å²) < 4.78 is 6.99. The first kappa shape index (κ1) is 11.1. The van der Waals surface area contributed by atoms with Crippen LogP contribution in [0.3, 0.4) is 0 Å². The van der Waals surface area contributed by atoms with Crippen LogP contribution in [0, 0.1) is 6.92 Å². The van der Waals surface area contributed by atoms with E-state index in [9.17, 15) is 0 Å². The van der Waals surface area contributed by atoms with Crippen LogP contribution < -0.4 is 4.74 Å². The van der Waals surface area contributed by atoms with E-state index >= 15 is 0 Å². The molecule has 0 aliphatic heterocycles. The van der Waals surface area contributed by atoms with Crippen molar-refractivity contribution in [2.24, 2.45) is 0 Å². The molecule has 0 aromatic carbocycles. The Morgan fingerprint density at radius 3 is 3.12 bits per heavy atom. The quantitative estimate of drug-likeness (QED) is 0.636. The van der Waals surface area contributed by atoms with E-state index < -0.39 is 0 Å².